The number of tetrazole rings is 1. The second kappa shape index (κ2) is 5.83. The first-order valence-corrected chi connectivity index (χ1v) is 7.07. The maximum absolute atomic E-state index is 4.31. The summed E-state index contributed by atoms with van der Waals surface area (Å²) in [5.74, 6) is 0.673. The molecule has 0 fully saturated rings. The van der Waals surface area contributed by atoms with Crippen molar-refractivity contribution >= 4 is 0 Å². The molecule has 5 heteroatoms. The van der Waals surface area contributed by atoms with Crippen molar-refractivity contribution in [3.8, 4) is 11.4 Å². The van der Waals surface area contributed by atoms with E-state index in [1.54, 1.807) is 4.80 Å². The van der Waals surface area contributed by atoms with Gasteiger partial charge in [0.25, 0.3) is 0 Å². The molecule has 0 atom stereocenters. The van der Waals surface area contributed by atoms with E-state index in [0.29, 0.717) is 5.82 Å². The number of hydrogen-bond donors (Lipinski definition) is 0. The monoisotopic (exact) mass is 280 g/mol. The van der Waals surface area contributed by atoms with Crippen LogP contribution in [0.3, 0.4) is 0 Å². The van der Waals surface area contributed by atoms with E-state index in [1.165, 1.54) is 11.1 Å². The third-order valence-electron chi connectivity index (χ3n) is 3.37. The maximum atomic E-state index is 4.31. The largest absolute Gasteiger partial charge is 0.204 e. The summed E-state index contributed by atoms with van der Waals surface area (Å²) in [7, 11) is 0. The van der Waals surface area contributed by atoms with Gasteiger partial charge in [-0.2, -0.15) is 4.80 Å². The molecule has 2 aromatic heterocycles. The minimum Gasteiger partial charge on any atom is -0.201 e. The fraction of sp³-hybridized carbons (Fsp3) is 0.250. The van der Waals surface area contributed by atoms with Gasteiger partial charge in [0.15, 0.2) is 18.9 Å². The number of benzene rings is 1. The summed E-state index contributed by atoms with van der Waals surface area (Å²) in [6.07, 6.45) is 4.19. The van der Waals surface area contributed by atoms with Gasteiger partial charge in [0, 0.05) is 23.3 Å². The Morgan fingerprint density at radius 3 is 2.38 bits per heavy atom. The zero-order chi connectivity index (χ0) is 14.7. The fourth-order valence-corrected chi connectivity index (χ4v) is 2.10. The van der Waals surface area contributed by atoms with E-state index in [2.05, 4.69) is 63.6 Å². The van der Waals surface area contributed by atoms with Crippen molar-refractivity contribution in [3.05, 3.63) is 59.9 Å². The van der Waals surface area contributed by atoms with E-state index in [4.69, 9.17) is 0 Å². The summed E-state index contributed by atoms with van der Waals surface area (Å²) in [4.78, 5) is 1.59. The van der Waals surface area contributed by atoms with Crippen LogP contribution in [0.2, 0.25) is 0 Å². The highest BCUT2D eigenvalue weighted by molar-refractivity contribution is 5.54. The molecular formula is C16H18N5+. The van der Waals surface area contributed by atoms with Crippen molar-refractivity contribution in [1.82, 2.24) is 20.2 Å². The van der Waals surface area contributed by atoms with Crippen molar-refractivity contribution in [2.75, 3.05) is 0 Å². The molecule has 0 unspecified atom stereocenters. The molecule has 0 saturated carbocycles. The quantitative estimate of drug-likeness (QED) is 0.687. The van der Waals surface area contributed by atoms with Gasteiger partial charge in [0.2, 0.25) is 5.82 Å². The normalized spacial score (nSPS) is 10.8. The van der Waals surface area contributed by atoms with E-state index < -0.39 is 0 Å². The first-order valence-electron chi connectivity index (χ1n) is 7.07. The van der Waals surface area contributed by atoms with Crippen molar-refractivity contribution in [2.24, 2.45) is 0 Å². The molecule has 0 bridgehead atoms. The summed E-state index contributed by atoms with van der Waals surface area (Å²) in [5, 5.41) is 12.3. The molecule has 0 radical (unpaired) electrons. The van der Waals surface area contributed by atoms with Crippen molar-refractivity contribution < 1.29 is 4.57 Å². The van der Waals surface area contributed by atoms with E-state index >= 15 is 0 Å². The Hall–Kier alpha value is -2.56. The standard InChI is InChI=1S/C16H18N5/c1-3-21-18-16(17-19-21)15-6-4-14(5-7-15)12-20-10-8-13(2)9-11-20/h4-11H,3,12H2,1-2H3/q+1. The van der Waals surface area contributed by atoms with Gasteiger partial charge < -0.3 is 0 Å². The SMILES string of the molecule is CCn1nnc(-c2ccc(C[n+]3ccc(C)cc3)cc2)n1. The Morgan fingerprint density at radius 1 is 1.05 bits per heavy atom. The number of aromatic nitrogens is 5. The Morgan fingerprint density at radius 2 is 1.76 bits per heavy atom. The van der Waals surface area contributed by atoms with Crippen LogP contribution in [0.15, 0.2) is 48.8 Å². The highest BCUT2D eigenvalue weighted by Crippen LogP contribution is 2.14. The van der Waals surface area contributed by atoms with Crippen LogP contribution >= 0.6 is 0 Å². The molecule has 0 aliphatic heterocycles. The number of nitrogens with zero attached hydrogens (tertiary/aromatic N) is 5. The predicted octanol–water partition coefficient (Wildman–Crippen LogP) is 2.00. The highest BCUT2D eigenvalue weighted by atomic mass is 15.6. The molecule has 0 aliphatic carbocycles. The van der Waals surface area contributed by atoms with Crippen LogP contribution in [0.4, 0.5) is 0 Å². The van der Waals surface area contributed by atoms with Crippen LogP contribution in [-0.2, 0) is 13.1 Å². The number of pyridine rings is 1. The van der Waals surface area contributed by atoms with E-state index in [1.807, 2.05) is 19.1 Å². The van der Waals surface area contributed by atoms with Crippen molar-refractivity contribution in [2.45, 2.75) is 26.9 Å². The van der Waals surface area contributed by atoms with Gasteiger partial charge in [-0.05, 0) is 24.6 Å². The van der Waals surface area contributed by atoms with E-state index in [0.717, 1.165) is 18.7 Å². The highest BCUT2D eigenvalue weighted by Gasteiger charge is 2.07. The Labute approximate surface area is 123 Å². The molecule has 106 valence electrons. The Kier molecular flexibility index (Phi) is 3.73. The first-order chi connectivity index (χ1) is 10.2. The molecule has 1 aromatic carbocycles. The Bertz CT molecular complexity index is 713. The van der Waals surface area contributed by atoms with Gasteiger partial charge in [-0.25, -0.2) is 4.57 Å². The van der Waals surface area contributed by atoms with Crippen LogP contribution in [0.25, 0.3) is 11.4 Å². The van der Waals surface area contributed by atoms with Gasteiger partial charge in [-0.3, -0.25) is 0 Å². The molecule has 0 saturated heterocycles. The lowest BCUT2D eigenvalue weighted by molar-refractivity contribution is -0.688. The zero-order valence-electron chi connectivity index (χ0n) is 12.3. The average Bonchev–Trinajstić information content (AvgIpc) is 2.99. The minimum atomic E-state index is 0.673. The number of rotatable bonds is 4. The minimum absolute atomic E-state index is 0.673. The summed E-state index contributed by atoms with van der Waals surface area (Å²) in [5.41, 5.74) is 3.51. The molecule has 0 spiro atoms. The van der Waals surface area contributed by atoms with Crippen LogP contribution in [0.1, 0.15) is 18.1 Å². The first kappa shape index (κ1) is 13.4. The topological polar surface area (TPSA) is 47.5 Å². The van der Waals surface area contributed by atoms with Gasteiger partial charge in [0.05, 0.1) is 6.54 Å². The lowest BCUT2D eigenvalue weighted by Gasteiger charge is -2.00. The van der Waals surface area contributed by atoms with Gasteiger partial charge in [-0.15, -0.1) is 10.2 Å². The van der Waals surface area contributed by atoms with Gasteiger partial charge >= 0.3 is 0 Å². The molecule has 3 aromatic rings. The molecule has 0 N–H and O–H groups in total. The molecule has 21 heavy (non-hydrogen) atoms. The van der Waals surface area contributed by atoms with Gasteiger partial charge in [0.1, 0.15) is 0 Å². The fourth-order valence-electron chi connectivity index (χ4n) is 2.10. The molecule has 5 nitrogen and oxygen atoms in total. The smallest absolute Gasteiger partial charge is 0.201 e. The van der Waals surface area contributed by atoms with E-state index in [9.17, 15) is 0 Å². The predicted molar refractivity (Wildman–Crippen MR) is 79.4 cm³/mol. The third kappa shape index (κ3) is 3.13. The average molecular weight is 280 g/mol. The lowest BCUT2D eigenvalue weighted by Crippen LogP contribution is -2.33. The summed E-state index contributed by atoms with van der Waals surface area (Å²) >= 11 is 0. The molecule has 0 amide bonds. The summed E-state index contributed by atoms with van der Waals surface area (Å²) < 4.78 is 2.16. The van der Waals surface area contributed by atoms with Crippen LogP contribution < -0.4 is 4.57 Å². The third-order valence-corrected chi connectivity index (χ3v) is 3.37. The molecule has 3 rings (SSSR count). The molecular weight excluding hydrogens is 262 g/mol. The number of hydrogen-bond acceptors (Lipinski definition) is 3. The number of aryl methyl sites for hydroxylation is 2. The van der Waals surface area contributed by atoms with Crippen LogP contribution in [0, 0.1) is 6.92 Å². The molecule has 0 aliphatic rings. The van der Waals surface area contributed by atoms with Crippen molar-refractivity contribution in [1.29, 1.82) is 0 Å². The van der Waals surface area contributed by atoms with Crippen LogP contribution in [-0.4, -0.2) is 20.2 Å². The molecule has 2 heterocycles. The lowest BCUT2D eigenvalue weighted by atomic mass is 10.1. The van der Waals surface area contributed by atoms with Crippen molar-refractivity contribution in [3.63, 3.8) is 0 Å². The second-order valence-electron chi connectivity index (χ2n) is 5.05. The summed E-state index contributed by atoms with van der Waals surface area (Å²) in [6, 6.07) is 12.5. The maximum Gasteiger partial charge on any atom is 0.204 e. The van der Waals surface area contributed by atoms with Crippen LogP contribution in [0.5, 0.6) is 0 Å². The Balaban J connectivity index is 1.76. The zero-order valence-corrected chi connectivity index (χ0v) is 12.3. The summed E-state index contributed by atoms with van der Waals surface area (Å²) in [6.45, 7) is 5.67. The second-order valence-corrected chi connectivity index (χ2v) is 5.05. The van der Waals surface area contributed by atoms with E-state index in [-0.39, 0.29) is 0 Å². The van der Waals surface area contributed by atoms with Gasteiger partial charge in [-0.1, -0.05) is 24.3 Å².